The van der Waals surface area contributed by atoms with E-state index in [0.29, 0.717) is 12.2 Å². The molecule has 0 aliphatic carbocycles. The van der Waals surface area contributed by atoms with E-state index in [4.69, 9.17) is 9.72 Å². The first kappa shape index (κ1) is 23.8. The van der Waals surface area contributed by atoms with Gasteiger partial charge in [0.25, 0.3) is 0 Å². The summed E-state index contributed by atoms with van der Waals surface area (Å²) in [5.41, 5.74) is 5.91. The van der Waals surface area contributed by atoms with Gasteiger partial charge in [-0.3, -0.25) is 4.79 Å². The lowest BCUT2D eigenvalue weighted by Crippen LogP contribution is -2.32. The largest absolute Gasteiger partial charge is 0.497 e. The predicted octanol–water partition coefficient (Wildman–Crippen LogP) is 6.63. The van der Waals surface area contributed by atoms with Crippen molar-refractivity contribution < 1.29 is 13.9 Å². The van der Waals surface area contributed by atoms with Crippen molar-refractivity contribution in [3.63, 3.8) is 0 Å². The fourth-order valence-corrected chi connectivity index (χ4v) is 4.69. The molecule has 0 saturated carbocycles. The van der Waals surface area contributed by atoms with Crippen LogP contribution < -0.4 is 9.64 Å². The van der Waals surface area contributed by atoms with Crippen molar-refractivity contribution >= 4 is 34.3 Å². The van der Waals surface area contributed by atoms with Crippen LogP contribution in [0.3, 0.4) is 0 Å². The van der Waals surface area contributed by atoms with Gasteiger partial charge in [0.05, 0.1) is 24.9 Å². The molecule has 0 bridgehead atoms. The molecular formula is C28H27FN2O2S. The molecule has 0 radical (unpaired) electrons. The molecule has 4 aromatic rings. The number of fused-ring (bicyclic) bond motifs is 1. The van der Waals surface area contributed by atoms with E-state index in [-0.39, 0.29) is 17.5 Å². The zero-order valence-corrected chi connectivity index (χ0v) is 20.6. The van der Waals surface area contributed by atoms with Crippen molar-refractivity contribution in [2.45, 2.75) is 32.3 Å². The van der Waals surface area contributed by atoms with Crippen LogP contribution in [0, 0.1) is 26.6 Å². The highest BCUT2D eigenvalue weighted by Crippen LogP contribution is 2.29. The quantitative estimate of drug-likeness (QED) is 0.282. The number of methoxy groups -OCH3 is 1. The first-order chi connectivity index (χ1) is 16.4. The Balaban J connectivity index is 1.58. The Morgan fingerprint density at radius 3 is 2.29 bits per heavy atom. The summed E-state index contributed by atoms with van der Waals surface area (Å²) in [6, 6.07) is 19.9. The van der Waals surface area contributed by atoms with E-state index in [2.05, 4.69) is 32.0 Å². The summed E-state index contributed by atoms with van der Waals surface area (Å²) in [4.78, 5) is 19.9. The van der Waals surface area contributed by atoms with Crippen LogP contribution in [0.4, 0.5) is 10.1 Å². The second-order valence-electron chi connectivity index (χ2n) is 8.30. The van der Waals surface area contributed by atoms with Gasteiger partial charge in [0.15, 0.2) is 0 Å². The third kappa shape index (κ3) is 5.23. The molecule has 34 heavy (non-hydrogen) atoms. The molecule has 1 amide bonds. The Kier molecular flexibility index (Phi) is 7.17. The average molecular weight is 475 g/mol. The van der Waals surface area contributed by atoms with Crippen LogP contribution in [0.15, 0.2) is 71.8 Å². The number of rotatable bonds is 7. The van der Waals surface area contributed by atoms with Gasteiger partial charge in [-0.05, 0) is 85.5 Å². The van der Waals surface area contributed by atoms with Gasteiger partial charge in [0.1, 0.15) is 16.6 Å². The lowest BCUT2D eigenvalue weighted by molar-refractivity contribution is -0.116. The van der Waals surface area contributed by atoms with Crippen LogP contribution in [-0.2, 0) is 11.3 Å². The predicted molar refractivity (Wildman–Crippen MR) is 137 cm³/mol. The molecule has 0 atom stereocenters. The molecular weight excluding hydrogens is 447 g/mol. The first-order valence-corrected chi connectivity index (χ1v) is 12.0. The van der Waals surface area contributed by atoms with E-state index in [0.717, 1.165) is 38.4 Å². The molecule has 3 aromatic carbocycles. The smallest absolute Gasteiger partial charge is 0.237 e. The maximum atomic E-state index is 13.5. The number of pyridine rings is 1. The normalized spacial score (nSPS) is 11.0. The third-order valence-corrected chi connectivity index (χ3v) is 6.90. The first-order valence-electron chi connectivity index (χ1n) is 11.0. The summed E-state index contributed by atoms with van der Waals surface area (Å²) < 4.78 is 18.8. The van der Waals surface area contributed by atoms with Crippen molar-refractivity contribution in [3.8, 4) is 5.75 Å². The maximum absolute atomic E-state index is 13.5. The number of anilines is 1. The lowest BCUT2D eigenvalue weighted by Gasteiger charge is -2.23. The summed E-state index contributed by atoms with van der Waals surface area (Å²) in [7, 11) is 1.62. The third-order valence-electron chi connectivity index (χ3n) is 5.82. The number of carbonyl (C=O) groups excluding carboxylic acids is 1. The molecule has 6 heteroatoms. The number of thioether (sulfide) groups is 1. The highest BCUT2D eigenvalue weighted by molar-refractivity contribution is 8.00. The highest BCUT2D eigenvalue weighted by Gasteiger charge is 2.18. The maximum Gasteiger partial charge on any atom is 0.237 e. The van der Waals surface area contributed by atoms with Gasteiger partial charge in [-0.15, -0.1) is 0 Å². The Morgan fingerprint density at radius 2 is 1.62 bits per heavy atom. The fraction of sp³-hybridized carbons (Fsp3) is 0.214. The van der Waals surface area contributed by atoms with Crippen molar-refractivity contribution in [2.75, 3.05) is 17.8 Å². The van der Waals surface area contributed by atoms with E-state index in [1.807, 2.05) is 31.2 Å². The fourth-order valence-electron chi connectivity index (χ4n) is 3.83. The zero-order valence-electron chi connectivity index (χ0n) is 19.8. The molecule has 0 fully saturated rings. The summed E-state index contributed by atoms with van der Waals surface area (Å²) in [6.45, 7) is 6.53. The Bertz CT molecular complexity index is 1320. The Hall–Kier alpha value is -3.38. The second-order valence-corrected chi connectivity index (χ2v) is 9.26. The van der Waals surface area contributed by atoms with E-state index < -0.39 is 0 Å². The van der Waals surface area contributed by atoms with Gasteiger partial charge in [0, 0.05) is 11.1 Å². The van der Waals surface area contributed by atoms with E-state index >= 15 is 0 Å². The number of hydrogen-bond acceptors (Lipinski definition) is 4. The van der Waals surface area contributed by atoms with Crippen LogP contribution in [0.2, 0.25) is 0 Å². The number of hydrogen-bond donors (Lipinski definition) is 0. The number of benzene rings is 3. The summed E-state index contributed by atoms with van der Waals surface area (Å²) in [5.74, 6) is 0.561. The number of aromatic nitrogens is 1. The van der Waals surface area contributed by atoms with Crippen LogP contribution in [0.25, 0.3) is 10.9 Å². The molecule has 0 unspecified atom stereocenters. The van der Waals surface area contributed by atoms with Crippen molar-refractivity contribution in [2.24, 2.45) is 0 Å². The summed E-state index contributed by atoms with van der Waals surface area (Å²) in [6.07, 6.45) is 0. The second kappa shape index (κ2) is 10.3. The number of carbonyl (C=O) groups is 1. The average Bonchev–Trinajstić information content (AvgIpc) is 2.84. The summed E-state index contributed by atoms with van der Waals surface area (Å²) >= 11 is 1.43. The molecule has 0 N–H and O–H groups in total. The number of ether oxygens (including phenoxy) is 1. The van der Waals surface area contributed by atoms with Crippen molar-refractivity contribution in [3.05, 3.63) is 94.8 Å². The monoisotopic (exact) mass is 474 g/mol. The van der Waals surface area contributed by atoms with Crippen molar-refractivity contribution in [1.82, 2.24) is 4.98 Å². The molecule has 0 saturated heterocycles. The standard InChI is InChI=1S/C28H27FN2O2S/c1-18-5-6-19(2)27-25(18)15-20(3)28(30-27)34-17-26(32)31(23-11-9-22(29)10-12-23)16-21-7-13-24(33-4)14-8-21/h5-15H,16-17H2,1-4H3. The SMILES string of the molecule is COc1ccc(CN(C(=O)CSc2nc3c(C)ccc(C)c3cc2C)c2ccc(F)cc2)cc1. The molecule has 4 rings (SSSR count). The molecule has 0 aliphatic rings. The molecule has 1 aromatic heterocycles. The van der Waals surface area contributed by atoms with Gasteiger partial charge >= 0.3 is 0 Å². The van der Waals surface area contributed by atoms with E-state index in [9.17, 15) is 9.18 Å². The van der Waals surface area contributed by atoms with Gasteiger partial charge in [-0.1, -0.05) is 36.0 Å². The number of halogens is 1. The lowest BCUT2D eigenvalue weighted by atomic mass is 10.0. The van der Waals surface area contributed by atoms with Gasteiger partial charge in [-0.25, -0.2) is 9.37 Å². The zero-order chi connectivity index (χ0) is 24.2. The molecule has 0 spiro atoms. The summed E-state index contributed by atoms with van der Waals surface area (Å²) in [5, 5.41) is 1.98. The Labute approximate surface area is 203 Å². The minimum Gasteiger partial charge on any atom is -0.497 e. The number of nitrogens with zero attached hydrogens (tertiary/aromatic N) is 2. The van der Waals surface area contributed by atoms with Crippen molar-refractivity contribution in [1.29, 1.82) is 0 Å². The van der Waals surface area contributed by atoms with Gasteiger partial charge in [0.2, 0.25) is 5.91 Å². The molecule has 4 nitrogen and oxygen atoms in total. The minimum atomic E-state index is -0.336. The van der Waals surface area contributed by atoms with Gasteiger partial charge in [-0.2, -0.15) is 0 Å². The van der Waals surface area contributed by atoms with E-state index in [1.165, 1.54) is 29.5 Å². The van der Waals surface area contributed by atoms with Crippen LogP contribution in [-0.4, -0.2) is 23.8 Å². The van der Waals surface area contributed by atoms with Crippen LogP contribution in [0.1, 0.15) is 22.3 Å². The number of amides is 1. The Morgan fingerprint density at radius 1 is 0.941 bits per heavy atom. The van der Waals surface area contributed by atoms with Gasteiger partial charge < -0.3 is 9.64 Å². The number of aryl methyl sites for hydroxylation is 3. The molecule has 1 heterocycles. The minimum absolute atomic E-state index is 0.0744. The molecule has 0 aliphatic heterocycles. The van der Waals surface area contributed by atoms with Crippen LogP contribution in [0.5, 0.6) is 5.75 Å². The van der Waals surface area contributed by atoms with Crippen LogP contribution >= 0.6 is 11.8 Å². The topological polar surface area (TPSA) is 42.4 Å². The van der Waals surface area contributed by atoms with E-state index in [1.54, 1.807) is 24.1 Å². The highest BCUT2D eigenvalue weighted by atomic mass is 32.2. The molecule has 174 valence electrons.